The van der Waals surface area contributed by atoms with E-state index in [1.54, 1.807) is 42.4 Å². The van der Waals surface area contributed by atoms with E-state index in [0.717, 1.165) is 5.56 Å². The molecule has 2 atom stereocenters. The van der Waals surface area contributed by atoms with Crippen LogP contribution in [0.4, 0.5) is 21.5 Å². The summed E-state index contributed by atoms with van der Waals surface area (Å²) in [5.41, 5.74) is 1.26. The molecule has 2 amide bonds. The normalized spacial score (nSPS) is 20.2. The molecule has 0 spiro atoms. The fourth-order valence-electron chi connectivity index (χ4n) is 4.59. The van der Waals surface area contributed by atoms with Gasteiger partial charge in [0.15, 0.2) is 5.67 Å². The number of hydrogen-bond acceptors (Lipinski definition) is 5. The minimum Gasteiger partial charge on any atom is -0.354 e. The Morgan fingerprint density at radius 3 is 2.56 bits per heavy atom. The van der Waals surface area contributed by atoms with Crippen LogP contribution in [0, 0.1) is 5.41 Å². The second-order valence-electron chi connectivity index (χ2n) is 9.28. The van der Waals surface area contributed by atoms with E-state index in [1.165, 1.54) is 16.8 Å². The number of nitrogens with one attached hydrogen (secondary N) is 3. The summed E-state index contributed by atoms with van der Waals surface area (Å²) in [5.74, 6) is -0.868. The van der Waals surface area contributed by atoms with E-state index in [-0.39, 0.29) is 32.2 Å². The van der Waals surface area contributed by atoms with Gasteiger partial charge in [-0.05, 0) is 42.7 Å². The first-order valence-corrected chi connectivity index (χ1v) is 11.7. The molecule has 2 aliphatic rings. The average Bonchev–Trinajstić information content (AvgIpc) is 3.55. The molecule has 1 saturated heterocycles. The van der Waals surface area contributed by atoms with Crippen LogP contribution in [0.3, 0.4) is 0 Å². The molecule has 1 aliphatic heterocycles. The van der Waals surface area contributed by atoms with Gasteiger partial charge in [-0.2, -0.15) is 0 Å². The fraction of sp³-hybridized carbons (Fsp3) is 0.259. The number of halogens is 1. The van der Waals surface area contributed by atoms with Crippen LogP contribution in [0.15, 0.2) is 71.7 Å². The molecule has 1 aliphatic carbocycles. The maximum absolute atomic E-state index is 14.4. The van der Waals surface area contributed by atoms with Crippen molar-refractivity contribution < 1.29 is 15.4 Å². The zero-order valence-corrected chi connectivity index (χ0v) is 19.7. The maximum atomic E-state index is 14.4. The number of alkyl halides is 1. The molecule has 9 heteroatoms. The fourth-order valence-corrected chi connectivity index (χ4v) is 4.59. The Morgan fingerprint density at radius 2 is 1.89 bits per heavy atom. The highest BCUT2D eigenvalue weighted by atomic mass is 19.1. The van der Waals surface area contributed by atoms with Gasteiger partial charge in [-0.1, -0.05) is 30.3 Å². The molecule has 0 unspecified atom stereocenters. The molecule has 1 saturated carbocycles. The van der Waals surface area contributed by atoms with Gasteiger partial charge in [0.1, 0.15) is 0 Å². The first-order chi connectivity index (χ1) is 17.3. The third-order valence-corrected chi connectivity index (χ3v) is 6.71. The maximum Gasteiger partial charge on any atom is 0.257 e. The van der Waals surface area contributed by atoms with E-state index >= 15 is 0 Å². The van der Waals surface area contributed by atoms with Crippen LogP contribution in [0.1, 0.15) is 37.9 Å². The number of hydrogen-bond donors (Lipinski definition) is 3. The zero-order chi connectivity index (χ0) is 25.4. The predicted molar refractivity (Wildman–Crippen MR) is 138 cm³/mol. The summed E-state index contributed by atoms with van der Waals surface area (Å²) in [6.07, 6.45) is 3.28. The molecule has 8 nitrogen and oxygen atoms in total. The van der Waals surface area contributed by atoms with Crippen molar-refractivity contribution in [2.45, 2.75) is 37.0 Å². The number of anilines is 3. The summed E-state index contributed by atoms with van der Waals surface area (Å²) in [4.78, 5) is 39.0. The Kier molecular flexibility index (Phi) is 5.91. The molecule has 0 bridgehead atoms. The lowest BCUT2D eigenvalue weighted by molar-refractivity contribution is -0.128. The molecular weight excluding hydrogens is 461 g/mol. The van der Waals surface area contributed by atoms with E-state index in [2.05, 4.69) is 10.6 Å². The van der Waals surface area contributed by atoms with Gasteiger partial charge in [-0.15, -0.1) is 0 Å². The SMILES string of the molecule is Cn1cc(Nc2ccc(N3C(=O)C[C@@H](NC(=O)C4(F)CC4)[C@@H]3c3ccccc3)cc2C=N)ccc1=O.[HH]. The van der Waals surface area contributed by atoms with Gasteiger partial charge in [0.25, 0.3) is 5.91 Å². The summed E-state index contributed by atoms with van der Waals surface area (Å²) in [7, 11) is 1.65. The number of benzene rings is 2. The van der Waals surface area contributed by atoms with Crippen LogP contribution in [0.25, 0.3) is 0 Å². The number of nitrogens with zero attached hydrogens (tertiary/aromatic N) is 2. The van der Waals surface area contributed by atoms with E-state index < -0.39 is 23.7 Å². The van der Waals surface area contributed by atoms with Gasteiger partial charge >= 0.3 is 0 Å². The number of amides is 2. The van der Waals surface area contributed by atoms with E-state index in [9.17, 15) is 18.8 Å². The molecule has 1 aromatic heterocycles. The second-order valence-corrected chi connectivity index (χ2v) is 9.28. The molecule has 0 radical (unpaired) electrons. The van der Waals surface area contributed by atoms with Crippen LogP contribution in [0.5, 0.6) is 0 Å². The quantitative estimate of drug-likeness (QED) is 0.439. The van der Waals surface area contributed by atoms with E-state index in [4.69, 9.17) is 5.41 Å². The number of carbonyl (C=O) groups is 2. The third kappa shape index (κ3) is 4.39. The lowest BCUT2D eigenvalue weighted by Gasteiger charge is -2.30. The largest absolute Gasteiger partial charge is 0.354 e. The van der Waals surface area contributed by atoms with Crippen molar-refractivity contribution in [3.05, 3.63) is 88.3 Å². The molecule has 186 valence electrons. The lowest BCUT2D eigenvalue weighted by Crippen LogP contribution is -2.44. The first kappa shape index (κ1) is 23.5. The number of carbonyl (C=O) groups excluding carboxylic acids is 2. The van der Waals surface area contributed by atoms with Crippen molar-refractivity contribution in [1.29, 1.82) is 5.41 Å². The molecule has 3 aromatic rings. The molecule has 3 N–H and O–H groups in total. The van der Waals surface area contributed by atoms with Crippen LogP contribution in [-0.2, 0) is 16.6 Å². The van der Waals surface area contributed by atoms with Crippen molar-refractivity contribution >= 4 is 35.1 Å². The highest BCUT2D eigenvalue weighted by Crippen LogP contribution is 2.42. The Bertz CT molecular complexity index is 1410. The van der Waals surface area contributed by atoms with Crippen LogP contribution in [-0.4, -0.2) is 34.3 Å². The number of aryl methyl sites for hydroxylation is 1. The topological polar surface area (TPSA) is 107 Å². The molecule has 2 heterocycles. The smallest absolute Gasteiger partial charge is 0.257 e. The van der Waals surface area contributed by atoms with Crippen LogP contribution < -0.4 is 21.1 Å². The van der Waals surface area contributed by atoms with Gasteiger partial charge < -0.3 is 25.5 Å². The van der Waals surface area contributed by atoms with E-state index in [0.29, 0.717) is 22.6 Å². The molecule has 2 fully saturated rings. The Hall–Kier alpha value is -4.27. The predicted octanol–water partition coefficient (Wildman–Crippen LogP) is 3.84. The molecular formula is C27H28FN5O3. The highest BCUT2D eigenvalue weighted by Gasteiger charge is 2.53. The number of pyridine rings is 1. The first-order valence-electron chi connectivity index (χ1n) is 11.7. The van der Waals surface area contributed by atoms with Crippen molar-refractivity contribution in [2.75, 3.05) is 10.2 Å². The minimum absolute atomic E-state index is 0. The Morgan fingerprint density at radius 1 is 1.14 bits per heavy atom. The highest BCUT2D eigenvalue weighted by molar-refractivity contribution is 6.00. The summed E-state index contributed by atoms with van der Waals surface area (Å²) < 4.78 is 15.9. The van der Waals surface area contributed by atoms with Gasteiger partial charge in [-0.25, -0.2) is 4.39 Å². The standard InChI is InChI=1S/C27H26FN5O3.H2/c1-32-16-19(7-10-23(32)34)30-21-9-8-20(13-18(21)15-29)33-24(35)14-22(31-26(36)27(28)11-12-27)25(33)17-5-3-2-4-6-17;/h2-10,13,15-16,22,25,29-30H,11-12,14H2,1H3,(H,31,36);1H/t22-,25+;/m1./s1. The Balaban J connectivity index is 0.00000320. The van der Waals surface area contributed by atoms with Crippen molar-refractivity contribution in [1.82, 2.24) is 9.88 Å². The van der Waals surface area contributed by atoms with Gasteiger partial charge in [0, 0.05) is 50.3 Å². The summed E-state index contributed by atoms with van der Waals surface area (Å²) in [6.45, 7) is 0. The summed E-state index contributed by atoms with van der Waals surface area (Å²) in [6, 6.07) is 16.6. The lowest BCUT2D eigenvalue weighted by atomic mass is 9.99. The van der Waals surface area contributed by atoms with Gasteiger partial charge in [-0.3, -0.25) is 14.4 Å². The number of aromatic nitrogens is 1. The van der Waals surface area contributed by atoms with Gasteiger partial charge in [0.05, 0.1) is 17.8 Å². The molecule has 2 aromatic carbocycles. The van der Waals surface area contributed by atoms with Gasteiger partial charge in [0.2, 0.25) is 11.5 Å². The minimum atomic E-state index is -1.83. The summed E-state index contributed by atoms with van der Waals surface area (Å²) >= 11 is 0. The molecule has 36 heavy (non-hydrogen) atoms. The summed E-state index contributed by atoms with van der Waals surface area (Å²) in [5, 5.41) is 13.9. The van der Waals surface area contributed by atoms with E-state index in [1.807, 2.05) is 30.3 Å². The number of rotatable bonds is 7. The average molecular weight is 490 g/mol. The third-order valence-electron chi connectivity index (χ3n) is 6.71. The van der Waals surface area contributed by atoms with Crippen LogP contribution >= 0.6 is 0 Å². The van der Waals surface area contributed by atoms with Crippen molar-refractivity contribution in [3.63, 3.8) is 0 Å². The molecule has 5 rings (SSSR count). The Labute approximate surface area is 208 Å². The second kappa shape index (κ2) is 9.07. The van der Waals surface area contributed by atoms with Crippen molar-refractivity contribution in [2.24, 2.45) is 7.05 Å². The van der Waals surface area contributed by atoms with Crippen LogP contribution in [0.2, 0.25) is 0 Å². The van der Waals surface area contributed by atoms with Crippen molar-refractivity contribution in [3.8, 4) is 0 Å². The monoisotopic (exact) mass is 489 g/mol. The zero-order valence-electron chi connectivity index (χ0n) is 19.7.